The third-order valence-electron chi connectivity index (χ3n) is 2.00. The molecule has 0 atom stereocenters. The number of amides is 1. The second kappa shape index (κ2) is 5.72. The average Bonchev–Trinajstić information content (AvgIpc) is 2.35. The Kier molecular flexibility index (Phi) is 4.28. The molecule has 86 valence electrons. The summed E-state index contributed by atoms with van der Waals surface area (Å²) in [5.74, 6) is 5.10. The first-order chi connectivity index (χ1) is 7.72. The predicted molar refractivity (Wildman–Crippen MR) is 55.5 cm³/mol. The highest BCUT2D eigenvalue weighted by Gasteiger charge is 2.11. The van der Waals surface area contributed by atoms with Gasteiger partial charge in [0.1, 0.15) is 12.4 Å². The number of carbonyl (C=O) groups is 2. The molecule has 0 radical (unpaired) electrons. The summed E-state index contributed by atoms with van der Waals surface area (Å²) in [5.41, 5.74) is 2.87. The Bertz CT molecular complexity index is 392. The number of benzene rings is 1. The molecule has 3 N–H and O–H groups in total. The molecular formula is C10H12N2O4. The predicted octanol–water partition coefficient (Wildman–Crippen LogP) is -0.0283. The van der Waals surface area contributed by atoms with Gasteiger partial charge in [0.25, 0.3) is 12.4 Å². The summed E-state index contributed by atoms with van der Waals surface area (Å²) in [7, 11) is 1.49. The van der Waals surface area contributed by atoms with Gasteiger partial charge in [-0.15, -0.1) is 0 Å². The summed E-state index contributed by atoms with van der Waals surface area (Å²) >= 11 is 0. The van der Waals surface area contributed by atoms with Gasteiger partial charge in [0.05, 0.1) is 12.7 Å². The fraction of sp³-hybridized carbons (Fsp3) is 0.200. The molecule has 0 aromatic heterocycles. The molecule has 0 saturated carbocycles. The van der Waals surface area contributed by atoms with Crippen molar-refractivity contribution >= 4 is 12.4 Å². The van der Waals surface area contributed by atoms with Crippen LogP contribution < -0.4 is 16.0 Å². The van der Waals surface area contributed by atoms with E-state index in [1.807, 2.05) is 5.43 Å². The van der Waals surface area contributed by atoms with Gasteiger partial charge in [-0.1, -0.05) is 6.07 Å². The van der Waals surface area contributed by atoms with Crippen LogP contribution in [0.3, 0.4) is 0 Å². The van der Waals surface area contributed by atoms with Crippen molar-refractivity contribution in [2.45, 2.75) is 6.61 Å². The van der Waals surface area contributed by atoms with Gasteiger partial charge >= 0.3 is 0 Å². The van der Waals surface area contributed by atoms with E-state index in [0.717, 1.165) is 0 Å². The summed E-state index contributed by atoms with van der Waals surface area (Å²) < 4.78 is 9.56. The normalized spacial score (nSPS) is 9.38. The quantitative estimate of drug-likeness (QED) is 0.317. The maximum Gasteiger partial charge on any atom is 0.293 e. The van der Waals surface area contributed by atoms with Gasteiger partial charge in [-0.3, -0.25) is 15.0 Å². The van der Waals surface area contributed by atoms with E-state index in [4.69, 9.17) is 10.6 Å². The Morgan fingerprint density at radius 3 is 2.88 bits per heavy atom. The number of hydrazine groups is 1. The minimum atomic E-state index is -0.469. The first kappa shape index (κ1) is 12.0. The smallest absolute Gasteiger partial charge is 0.293 e. The zero-order valence-corrected chi connectivity index (χ0v) is 8.73. The lowest BCUT2D eigenvalue weighted by Crippen LogP contribution is -2.30. The summed E-state index contributed by atoms with van der Waals surface area (Å²) in [4.78, 5) is 21.5. The first-order valence-electron chi connectivity index (χ1n) is 4.46. The summed E-state index contributed by atoms with van der Waals surface area (Å²) in [6, 6.07) is 4.81. The van der Waals surface area contributed by atoms with Crippen LogP contribution in [0.4, 0.5) is 0 Å². The average molecular weight is 224 g/mol. The van der Waals surface area contributed by atoms with Crippen molar-refractivity contribution in [3.63, 3.8) is 0 Å². The largest absolute Gasteiger partial charge is 0.497 e. The van der Waals surface area contributed by atoms with Crippen LogP contribution in [0.25, 0.3) is 0 Å². The molecule has 0 heterocycles. The van der Waals surface area contributed by atoms with Gasteiger partial charge in [-0.2, -0.15) is 0 Å². The Morgan fingerprint density at radius 1 is 1.56 bits per heavy atom. The maximum absolute atomic E-state index is 11.4. The monoisotopic (exact) mass is 224 g/mol. The molecule has 16 heavy (non-hydrogen) atoms. The molecule has 0 bridgehead atoms. The number of hydrogen-bond acceptors (Lipinski definition) is 5. The molecule has 6 nitrogen and oxygen atoms in total. The highest BCUT2D eigenvalue weighted by atomic mass is 16.5. The number of nitrogens with one attached hydrogen (secondary N) is 1. The van der Waals surface area contributed by atoms with Gasteiger partial charge in [0.2, 0.25) is 0 Å². The molecular weight excluding hydrogens is 212 g/mol. The fourth-order valence-corrected chi connectivity index (χ4v) is 1.22. The van der Waals surface area contributed by atoms with Crippen LogP contribution in [-0.2, 0) is 16.1 Å². The van der Waals surface area contributed by atoms with Crippen LogP contribution in [0, 0.1) is 0 Å². The minimum Gasteiger partial charge on any atom is -0.497 e. The van der Waals surface area contributed by atoms with E-state index >= 15 is 0 Å². The Labute approximate surface area is 92.3 Å². The number of rotatable bonds is 5. The van der Waals surface area contributed by atoms with Crippen LogP contribution in [0.2, 0.25) is 0 Å². The lowest BCUT2D eigenvalue weighted by atomic mass is 10.1. The maximum atomic E-state index is 11.4. The van der Waals surface area contributed by atoms with Gasteiger partial charge in [-0.05, 0) is 12.1 Å². The number of nitrogens with two attached hydrogens (primary N) is 1. The van der Waals surface area contributed by atoms with Gasteiger partial charge in [0, 0.05) is 5.56 Å². The molecule has 0 unspecified atom stereocenters. The second-order valence-electron chi connectivity index (χ2n) is 2.90. The van der Waals surface area contributed by atoms with E-state index in [0.29, 0.717) is 23.3 Å². The highest BCUT2D eigenvalue weighted by Crippen LogP contribution is 2.18. The zero-order valence-electron chi connectivity index (χ0n) is 8.73. The van der Waals surface area contributed by atoms with E-state index < -0.39 is 5.91 Å². The molecule has 1 amide bonds. The number of methoxy groups -OCH3 is 1. The van der Waals surface area contributed by atoms with Gasteiger partial charge < -0.3 is 9.47 Å². The van der Waals surface area contributed by atoms with E-state index in [-0.39, 0.29) is 6.61 Å². The standard InChI is InChI=1S/C10H12N2O4/c1-15-8-3-2-7(5-16-6-13)9(4-8)10(14)12-11/h2-4,6H,5,11H2,1H3,(H,12,14). The van der Waals surface area contributed by atoms with Crippen molar-refractivity contribution in [2.24, 2.45) is 5.84 Å². The Balaban J connectivity index is 3.05. The van der Waals surface area contributed by atoms with E-state index in [1.165, 1.54) is 13.2 Å². The van der Waals surface area contributed by atoms with Crippen molar-refractivity contribution in [1.82, 2.24) is 5.43 Å². The van der Waals surface area contributed by atoms with Crippen LogP contribution >= 0.6 is 0 Å². The van der Waals surface area contributed by atoms with Gasteiger partial charge in [0.15, 0.2) is 0 Å². The third kappa shape index (κ3) is 2.71. The molecule has 0 aliphatic heterocycles. The molecule has 0 aliphatic carbocycles. The van der Waals surface area contributed by atoms with Crippen molar-refractivity contribution in [3.8, 4) is 5.75 Å². The molecule has 0 saturated heterocycles. The fourth-order valence-electron chi connectivity index (χ4n) is 1.22. The topological polar surface area (TPSA) is 90.6 Å². The molecule has 0 fully saturated rings. The number of carbonyl (C=O) groups excluding carboxylic acids is 2. The van der Waals surface area contributed by atoms with Crippen molar-refractivity contribution < 1.29 is 19.1 Å². The molecule has 1 rings (SSSR count). The number of nitrogen functional groups attached to an aromatic ring is 1. The van der Waals surface area contributed by atoms with Crippen molar-refractivity contribution in [2.75, 3.05) is 7.11 Å². The number of ether oxygens (including phenoxy) is 2. The zero-order chi connectivity index (χ0) is 12.0. The summed E-state index contributed by atoms with van der Waals surface area (Å²) in [6.45, 7) is 0.324. The van der Waals surface area contributed by atoms with Gasteiger partial charge in [-0.25, -0.2) is 5.84 Å². The van der Waals surface area contributed by atoms with Crippen LogP contribution in [0.5, 0.6) is 5.75 Å². The third-order valence-corrected chi connectivity index (χ3v) is 2.00. The van der Waals surface area contributed by atoms with E-state index in [9.17, 15) is 9.59 Å². The SMILES string of the molecule is COc1ccc(COC=O)c(C(=O)NN)c1. The molecule has 6 heteroatoms. The summed E-state index contributed by atoms with van der Waals surface area (Å²) in [6.07, 6.45) is 0. The van der Waals surface area contributed by atoms with Crippen molar-refractivity contribution in [3.05, 3.63) is 29.3 Å². The first-order valence-corrected chi connectivity index (χ1v) is 4.46. The van der Waals surface area contributed by atoms with E-state index in [2.05, 4.69) is 4.74 Å². The highest BCUT2D eigenvalue weighted by molar-refractivity contribution is 5.95. The Morgan fingerprint density at radius 2 is 2.31 bits per heavy atom. The summed E-state index contributed by atoms with van der Waals surface area (Å²) in [5, 5.41) is 0. The minimum absolute atomic E-state index is 0.0102. The Hall–Kier alpha value is -2.08. The molecule has 0 spiro atoms. The second-order valence-corrected chi connectivity index (χ2v) is 2.90. The van der Waals surface area contributed by atoms with Crippen LogP contribution in [0.1, 0.15) is 15.9 Å². The van der Waals surface area contributed by atoms with Crippen LogP contribution in [-0.4, -0.2) is 19.5 Å². The van der Waals surface area contributed by atoms with E-state index in [1.54, 1.807) is 12.1 Å². The van der Waals surface area contributed by atoms with Crippen molar-refractivity contribution in [1.29, 1.82) is 0 Å². The lowest BCUT2D eigenvalue weighted by molar-refractivity contribution is -0.129. The molecule has 1 aromatic rings. The van der Waals surface area contributed by atoms with Crippen LogP contribution in [0.15, 0.2) is 18.2 Å². The molecule has 0 aliphatic rings. The lowest BCUT2D eigenvalue weighted by Gasteiger charge is -2.09. The molecule has 1 aromatic carbocycles. The number of hydrogen-bond donors (Lipinski definition) is 2.